The van der Waals surface area contributed by atoms with Gasteiger partial charge >= 0.3 is 0 Å². The van der Waals surface area contributed by atoms with Gasteiger partial charge in [0.05, 0.1) is 0 Å². The van der Waals surface area contributed by atoms with Gasteiger partial charge in [-0.25, -0.2) is 0 Å². The molecule has 2 N–H and O–H groups in total. The second-order valence-corrected chi connectivity index (χ2v) is 4.47. The average Bonchev–Trinajstić information content (AvgIpc) is 2.38. The molecule has 1 aliphatic heterocycles. The first-order valence-corrected chi connectivity index (χ1v) is 6.06. The number of anilines is 1. The topological polar surface area (TPSA) is 44.9 Å². The molecule has 0 saturated carbocycles. The summed E-state index contributed by atoms with van der Waals surface area (Å²) >= 11 is 5.99. The van der Waals surface area contributed by atoms with Crippen LogP contribution in [0, 0.1) is 0 Å². The lowest BCUT2D eigenvalue weighted by Gasteiger charge is -2.36. The smallest absolute Gasteiger partial charge is 0.191 e. The number of nitrogens with zero attached hydrogens (tertiary/aromatic N) is 3. The van der Waals surface area contributed by atoms with Crippen LogP contribution in [-0.2, 0) is 0 Å². The maximum absolute atomic E-state index is 5.99. The van der Waals surface area contributed by atoms with Crippen LogP contribution >= 0.6 is 35.6 Å². The largest absolute Gasteiger partial charge is 0.370 e. The zero-order valence-electron chi connectivity index (χ0n) is 10.3. The molecule has 0 aliphatic carbocycles. The summed E-state index contributed by atoms with van der Waals surface area (Å²) in [7, 11) is 1.72. The van der Waals surface area contributed by atoms with Gasteiger partial charge in [-0.05, 0) is 18.2 Å². The lowest BCUT2D eigenvalue weighted by molar-refractivity contribution is 0.381. The lowest BCUT2D eigenvalue weighted by atomic mass is 10.2. The molecule has 0 unspecified atom stereocenters. The summed E-state index contributed by atoms with van der Waals surface area (Å²) in [4.78, 5) is 8.41. The Morgan fingerprint density at radius 2 is 1.94 bits per heavy atom. The Hall–Kier alpha value is -0.690. The van der Waals surface area contributed by atoms with Crippen molar-refractivity contribution in [1.29, 1.82) is 0 Å². The summed E-state index contributed by atoms with van der Waals surface area (Å²) in [6.45, 7) is 3.68. The first kappa shape index (κ1) is 15.4. The molecule has 2 rings (SSSR count). The molecule has 1 fully saturated rings. The highest BCUT2D eigenvalue weighted by atomic mass is 127. The third kappa shape index (κ3) is 3.65. The number of hydrogen-bond acceptors (Lipinski definition) is 2. The van der Waals surface area contributed by atoms with Crippen LogP contribution in [0.25, 0.3) is 0 Å². The number of hydrogen-bond donors (Lipinski definition) is 1. The van der Waals surface area contributed by atoms with E-state index >= 15 is 0 Å². The number of benzene rings is 1. The van der Waals surface area contributed by atoms with Crippen LogP contribution in [0.3, 0.4) is 0 Å². The second-order valence-electron chi connectivity index (χ2n) is 4.04. The highest BCUT2D eigenvalue weighted by Crippen LogP contribution is 2.20. The highest BCUT2D eigenvalue weighted by Gasteiger charge is 2.18. The summed E-state index contributed by atoms with van der Waals surface area (Å²) in [5, 5.41) is 0.777. The first-order valence-electron chi connectivity index (χ1n) is 5.68. The molecule has 0 radical (unpaired) electrons. The molecule has 0 spiro atoms. The maximum Gasteiger partial charge on any atom is 0.191 e. The molecular weight excluding hydrogens is 363 g/mol. The van der Waals surface area contributed by atoms with Crippen LogP contribution < -0.4 is 10.6 Å². The van der Waals surface area contributed by atoms with Crippen molar-refractivity contribution < 1.29 is 0 Å². The van der Waals surface area contributed by atoms with Crippen LogP contribution in [0.1, 0.15) is 0 Å². The van der Waals surface area contributed by atoms with Crippen LogP contribution in [0.15, 0.2) is 29.3 Å². The molecular formula is C12H18ClIN4. The van der Waals surface area contributed by atoms with E-state index in [9.17, 15) is 0 Å². The SMILES string of the molecule is CN=C(N)N1CCN(c2cccc(Cl)c2)CC1.I. The number of piperazine rings is 1. The fraction of sp³-hybridized carbons (Fsp3) is 0.417. The average molecular weight is 381 g/mol. The van der Waals surface area contributed by atoms with E-state index in [1.54, 1.807) is 7.05 Å². The standard InChI is InChI=1S/C12H17ClN4.HI/c1-15-12(14)17-7-5-16(6-8-17)11-4-2-3-10(13)9-11;/h2-4,9H,5-8H2,1H3,(H2,14,15);1H. The fourth-order valence-electron chi connectivity index (χ4n) is 2.01. The molecule has 18 heavy (non-hydrogen) atoms. The second kappa shape index (κ2) is 7.04. The van der Waals surface area contributed by atoms with Crippen molar-refractivity contribution in [2.24, 2.45) is 10.7 Å². The van der Waals surface area contributed by atoms with Crippen LogP contribution in [0.4, 0.5) is 5.69 Å². The predicted octanol–water partition coefficient (Wildman–Crippen LogP) is 2.02. The van der Waals surface area contributed by atoms with E-state index in [-0.39, 0.29) is 24.0 Å². The van der Waals surface area contributed by atoms with Crippen molar-refractivity contribution in [2.75, 3.05) is 38.1 Å². The number of rotatable bonds is 1. The Bertz CT molecular complexity index is 416. The van der Waals surface area contributed by atoms with E-state index in [0.717, 1.165) is 31.2 Å². The molecule has 1 aromatic rings. The summed E-state index contributed by atoms with van der Waals surface area (Å²) in [6, 6.07) is 7.95. The van der Waals surface area contributed by atoms with Crippen LogP contribution in [0.2, 0.25) is 5.02 Å². The minimum Gasteiger partial charge on any atom is -0.370 e. The Morgan fingerprint density at radius 1 is 1.28 bits per heavy atom. The minimum absolute atomic E-state index is 0. The summed E-state index contributed by atoms with van der Waals surface area (Å²) in [6.07, 6.45) is 0. The van der Waals surface area contributed by atoms with Gasteiger partial charge in [-0.2, -0.15) is 0 Å². The Balaban J connectivity index is 0.00000162. The number of halogens is 2. The van der Waals surface area contributed by atoms with Gasteiger partial charge in [0, 0.05) is 43.9 Å². The normalized spacial score (nSPS) is 16.4. The summed E-state index contributed by atoms with van der Waals surface area (Å²) in [5.74, 6) is 0.621. The van der Waals surface area contributed by atoms with Gasteiger partial charge in [-0.3, -0.25) is 4.99 Å². The van der Waals surface area contributed by atoms with Gasteiger partial charge in [0.1, 0.15) is 0 Å². The Kier molecular flexibility index (Phi) is 6.01. The third-order valence-corrected chi connectivity index (χ3v) is 3.24. The van der Waals surface area contributed by atoms with Gasteiger partial charge in [-0.15, -0.1) is 24.0 Å². The van der Waals surface area contributed by atoms with Crippen molar-refractivity contribution >= 4 is 47.2 Å². The Morgan fingerprint density at radius 3 is 2.50 bits per heavy atom. The van der Waals surface area contributed by atoms with Crippen molar-refractivity contribution in [3.8, 4) is 0 Å². The van der Waals surface area contributed by atoms with Crippen LogP contribution in [-0.4, -0.2) is 44.1 Å². The minimum atomic E-state index is 0. The van der Waals surface area contributed by atoms with Gasteiger partial charge in [0.25, 0.3) is 0 Å². The van der Waals surface area contributed by atoms with Gasteiger partial charge in [0.2, 0.25) is 0 Å². The number of aliphatic imine (C=N–C) groups is 1. The molecule has 0 amide bonds. The number of nitrogens with two attached hydrogens (primary N) is 1. The zero-order chi connectivity index (χ0) is 12.3. The summed E-state index contributed by atoms with van der Waals surface area (Å²) < 4.78 is 0. The molecule has 4 nitrogen and oxygen atoms in total. The molecule has 6 heteroatoms. The third-order valence-electron chi connectivity index (χ3n) is 3.01. The van der Waals surface area contributed by atoms with E-state index in [1.165, 1.54) is 5.69 Å². The molecule has 1 aliphatic rings. The van der Waals surface area contributed by atoms with Gasteiger partial charge in [0.15, 0.2) is 5.96 Å². The van der Waals surface area contributed by atoms with Gasteiger partial charge < -0.3 is 15.5 Å². The summed E-state index contributed by atoms with van der Waals surface area (Å²) in [5.41, 5.74) is 6.96. The molecule has 0 bridgehead atoms. The molecule has 100 valence electrons. The van der Waals surface area contributed by atoms with E-state index in [2.05, 4.69) is 20.9 Å². The maximum atomic E-state index is 5.99. The van der Waals surface area contributed by atoms with Gasteiger partial charge in [-0.1, -0.05) is 17.7 Å². The number of guanidine groups is 1. The van der Waals surface area contributed by atoms with Crippen molar-refractivity contribution in [1.82, 2.24) is 4.90 Å². The quantitative estimate of drug-likeness (QED) is 0.461. The van der Waals surface area contributed by atoms with E-state index in [1.807, 2.05) is 18.2 Å². The van der Waals surface area contributed by atoms with Crippen molar-refractivity contribution in [3.05, 3.63) is 29.3 Å². The van der Waals surface area contributed by atoms with Crippen molar-refractivity contribution in [2.45, 2.75) is 0 Å². The van der Waals surface area contributed by atoms with E-state index in [4.69, 9.17) is 17.3 Å². The predicted molar refractivity (Wildman–Crippen MR) is 88.2 cm³/mol. The highest BCUT2D eigenvalue weighted by molar-refractivity contribution is 14.0. The fourth-order valence-corrected chi connectivity index (χ4v) is 2.19. The molecule has 0 atom stereocenters. The molecule has 1 saturated heterocycles. The van der Waals surface area contributed by atoms with E-state index in [0.29, 0.717) is 5.96 Å². The molecule has 1 aromatic carbocycles. The van der Waals surface area contributed by atoms with Crippen molar-refractivity contribution in [3.63, 3.8) is 0 Å². The molecule has 0 aromatic heterocycles. The first-order chi connectivity index (χ1) is 8.20. The Labute approximate surface area is 130 Å². The molecule has 1 heterocycles. The lowest BCUT2D eigenvalue weighted by Crippen LogP contribution is -2.51. The zero-order valence-corrected chi connectivity index (χ0v) is 13.4. The van der Waals surface area contributed by atoms with E-state index < -0.39 is 0 Å². The van der Waals surface area contributed by atoms with Crippen LogP contribution in [0.5, 0.6) is 0 Å². The monoisotopic (exact) mass is 380 g/mol.